The minimum Gasteiger partial charge on any atom is -0.327 e. The van der Waals surface area contributed by atoms with Gasteiger partial charge in [-0.2, -0.15) is 0 Å². The topological polar surface area (TPSA) is 29.3 Å². The molecule has 2 aliphatic carbocycles. The van der Waals surface area contributed by atoms with Crippen molar-refractivity contribution in [3.8, 4) is 0 Å². The number of nitrogens with zero attached hydrogens (tertiary/aromatic N) is 1. The number of likely N-dealkylation sites (tertiary alicyclic amines) is 1. The van der Waals surface area contributed by atoms with E-state index in [0.717, 1.165) is 24.3 Å². The number of hydrogen-bond acceptors (Lipinski definition) is 2. The summed E-state index contributed by atoms with van der Waals surface area (Å²) < 4.78 is 0. The molecule has 20 heavy (non-hydrogen) atoms. The first kappa shape index (κ1) is 14.4. The Morgan fingerprint density at radius 1 is 1.10 bits per heavy atom. The monoisotopic (exact) mass is 292 g/mol. The van der Waals surface area contributed by atoms with Gasteiger partial charge < -0.3 is 5.73 Å². The predicted molar refractivity (Wildman–Crippen MR) is 85.1 cm³/mol. The molecule has 3 atom stereocenters. The third-order valence-corrected chi connectivity index (χ3v) is 5.39. The number of rotatable bonds is 3. The summed E-state index contributed by atoms with van der Waals surface area (Å²) >= 11 is 0. The summed E-state index contributed by atoms with van der Waals surface area (Å²) in [5.74, 6) is 2.51. The van der Waals surface area contributed by atoms with Crippen molar-refractivity contribution in [1.82, 2.24) is 4.90 Å². The number of halogens is 1. The molecule has 1 aromatic carbocycles. The molecule has 1 aromatic rings. The Bertz CT molecular complexity index is 472. The fourth-order valence-electron chi connectivity index (χ4n) is 4.15. The van der Waals surface area contributed by atoms with Gasteiger partial charge in [0, 0.05) is 25.7 Å². The maximum absolute atomic E-state index is 6.22. The molecule has 3 aliphatic rings. The van der Waals surface area contributed by atoms with Crippen molar-refractivity contribution in [1.29, 1.82) is 0 Å². The lowest BCUT2D eigenvalue weighted by atomic mass is 9.98. The second kappa shape index (κ2) is 5.67. The van der Waals surface area contributed by atoms with Gasteiger partial charge in [-0.1, -0.05) is 24.3 Å². The van der Waals surface area contributed by atoms with Gasteiger partial charge in [0.05, 0.1) is 0 Å². The highest BCUT2D eigenvalue weighted by Crippen LogP contribution is 2.41. The zero-order chi connectivity index (χ0) is 12.8. The zero-order valence-corrected chi connectivity index (χ0v) is 12.8. The Hall–Kier alpha value is -0.570. The maximum Gasteiger partial charge on any atom is 0.0234 e. The highest BCUT2D eigenvalue weighted by molar-refractivity contribution is 5.85. The molecule has 2 nitrogen and oxygen atoms in total. The van der Waals surface area contributed by atoms with E-state index in [-0.39, 0.29) is 12.4 Å². The summed E-state index contributed by atoms with van der Waals surface area (Å²) in [6, 6.07) is 9.74. The molecular formula is C17H25ClN2. The Morgan fingerprint density at radius 3 is 2.70 bits per heavy atom. The molecule has 2 saturated carbocycles. The van der Waals surface area contributed by atoms with Crippen molar-refractivity contribution in [2.45, 2.75) is 44.2 Å². The second-order valence-electron chi connectivity index (χ2n) is 6.88. The van der Waals surface area contributed by atoms with E-state index < -0.39 is 0 Å². The highest BCUT2D eigenvalue weighted by Gasteiger charge is 2.40. The SMILES string of the molecule is Cl.NC1CCC2CN(Cc3cccc(C4CC4)c3)CC12. The van der Waals surface area contributed by atoms with Gasteiger partial charge in [-0.25, -0.2) is 0 Å². The van der Waals surface area contributed by atoms with E-state index in [0.29, 0.717) is 6.04 Å². The first-order chi connectivity index (χ1) is 9.29. The average Bonchev–Trinajstić information content (AvgIpc) is 3.11. The Kier molecular flexibility index (Phi) is 4.07. The van der Waals surface area contributed by atoms with Crippen LogP contribution in [0.4, 0.5) is 0 Å². The van der Waals surface area contributed by atoms with Crippen LogP contribution in [0.5, 0.6) is 0 Å². The van der Waals surface area contributed by atoms with Crippen LogP contribution in [0.25, 0.3) is 0 Å². The van der Waals surface area contributed by atoms with Gasteiger partial charge in [-0.3, -0.25) is 4.90 Å². The molecule has 0 spiro atoms. The smallest absolute Gasteiger partial charge is 0.0234 e. The van der Waals surface area contributed by atoms with Crippen LogP contribution >= 0.6 is 12.4 Å². The molecule has 3 fully saturated rings. The average molecular weight is 293 g/mol. The van der Waals surface area contributed by atoms with Gasteiger partial charge in [-0.15, -0.1) is 12.4 Å². The van der Waals surface area contributed by atoms with E-state index in [1.807, 2.05) is 0 Å². The lowest BCUT2D eigenvalue weighted by Gasteiger charge is -2.18. The zero-order valence-electron chi connectivity index (χ0n) is 12.0. The quantitative estimate of drug-likeness (QED) is 0.927. The van der Waals surface area contributed by atoms with Crippen molar-refractivity contribution >= 4 is 12.4 Å². The molecule has 2 N–H and O–H groups in total. The van der Waals surface area contributed by atoms with E-state index in [1.165, 1.54) is 44.3 Å². The van der Waals surface area contributed by atoms with Gasteiger partial charge in [0.2, 0.25) is 0 Å². The van der Waals surface area contributed by atoms with Gasteiger partial charge >= 0.3 is 0 Å². The third-order valence-electron chi connectivity index (χ3n) is 5.39. The first-order valence-corrected chi connectivity index (χ1v) is 7.86. The summed E-state index contributed by atoms with van der Waals surface area (Å²) in [6.45, 7) is 3.62. The summed E-state index contributed by atoms with van der Waals surface area (Å²) in [4.78, 5) is 2.63. The number of fused-ring (bicyclic) bond motifs is 1. The van der Waals surface area contributed by atoms with E-state index in [2.05, 4.69) is 29.2 Å². The lowest BCUT2D eigenvalue weighted by Crippen LogP contribution is -2.30. The fourth-order valence-corrected chi connectivity index (χ4v) is 4.15. The molecule has 1 saturated heterocycles. The molecular weight excluding hydrogens is 268 g/mol. The summed E-state index contributed by atoms with van der Waals surface area (Å²) in [5.41, 5.74) is 9.28. The molecule has 110 valence electrons. The van der Waals surface area contributed by atoms with Gasteiger partial charge in [0.15, 0.2) is 0 Å². The number of nitrogens with two attached hydrogens (primary N) is 1. The Labute approximate surface area is 128 Å². The van der Waals surface area contributed by atoms with Crippen molar-refractivity contribution in [2.24, 2.45) is 17.6 Å². The van der Waals surface area contributed by atoms with Crippen molar-refractivity contribution in [2.75, 3.05) is 13.1 Å². The number of benzene rings is 1. The van der Waals surface area contributed by atoms with Gasteiger partial charge in [0.25, 0.3) is 0 Å². The van der Waals surface area contributed by atoms with Crippen molar-refractivity contribution < 1.29 is 0 Å². The van der Waals surface area contributed by atoms with Crippen molar-refractivity contribution in [3.05, 3.63) is 35.4 Å². The molecule has 3 heteroatoms. The molecule has 0 radical (unpaired) electrons. The molecule has 1 aliphatic heterocycles. The third kappa shape index (κ3) is 2.74. The summed E-state index contributed by atoms with van der Waals surface area (Å²) in [5, 5.41) is 0. The minimum absolute atomic E-state index is 0. The van der Waals surface area contributed by atoms with Crippen LogP contribution in [0.2, 0.25) is 0 Å². The largest absolute Gasteiger partial charge is 0.327 e. The normalized spacial score (nSPS) is 33.0. The Balaban J connectivity index is 0.00000121. The molecule has 1 heterocycles. The van der Waals surface area contributed by atoms with E-state index in [1.54, 1.807) is 5.56 Å². The van der Waals surface area contributed by atoms with Crippen LogP contribution in [-0.2, 0) is 6.54 Å². The molecule has 3 unspecified atom stereocenters. The first-order valence-electron chi connectivity index (χ1n) is 7.86. The van der Waals surface area contributed by atoms with E-state index in [9.17, 15) is 0 Å². The Morgan fingerprint density at radius 2 is 1.95 bits per heavy atom. The van der Waals surface area contributed by atoms with Crippen LogP contribution < -0.4 is 5.73 Å². The minimum atomic E-state index is 0. The maximum atomic E-state index is 6.22. The number of hydrogen-bond donors (Lipinski definition) is 1. The highest BCUT2D eigenvalue weighted by atomic mass is 35.5. The van der Waals surface area contributed by atoms with Crippen LogP contribution in [-0.4, -0.2) is 24.0 Å². The predicted octanol–water partition coefficient (Wildman–Crippen LogP) is 3.15. The van der Waals surface area contributed by atoms with Crippen LogP contribution in [0, 0.1) is 11.8 Å². The van der Waals surface area contributed by atoms with Gasteiger partial charge in [-0.05, 0) is 54.6 Å². The van der Waals surface area contributed by atoms with E-state index >= 15 is 0 Å². The van der Waals surface area contributed by atoms with Gasteiger partial charge in [0.1, 0.15) is 0 Å². The van der Waals surface area contributed by atoms with Crippen LogP contribution in [0.1, 0.15) is 42.7 Å². The lowest BCUT2D eigenvalue weighted by molar-refractivity contribution is 0.298. The summed E-state index contributed by atoms with van der Waals surface area (Å²) in [6.07, 6.45) is 5.39. The molecule has 0 aromatic heterocycles. The summed E-state index contributed by atoms with van der Waals surface area (Å²) in [7, 11) is 0. The van der Waals surface area contributed by atoms with Crippen LogP contribution in [0.3, 0.4) is 0 Å². The molecule has 4 rings (SSSR count). The second-order valence-corrected chi connectivity index (χ2v) is 6.88. The van der Waals surface area contributed by atoms with Crippen molar-refractivity contribution in [3.63, 3.8) is 0 Å². The van der Waals surface area contributed by atoms with E-state index in [4.69, 9.17) is 5.73 Å². The molecule has 0 amide bonds. The standard InChI is InChI=1S/C17H24N2.ClH/c18-17-7-6-15-10-19(11-16(15)17)9-12-2-1-3-14(8-12)13-4-5-13;/h1-3,8,13,15-17H,4-7,9-11,18H2;1H. The fraction of sp³-hybridized carbons (Fsp3) is 0.647. The molecule has 0 bridgehead atoms. The van der Waals surface area contributed by atoms with Crippen LogP contribution in [0.15, 0.2) is 24.3 Å².